The van der Waals surface area contributed by atoms with Gasteiger partial charge in [0.15, 0.2) is 5.96 Å². The molecule has 0 aromatic rings. The van der Waals surface area contributed by atoms with Gasteiger partial charge in [0.05, 0.1) is 6.04 Å². The number of hydrogen-bond acceptors (Lipinski definition) is 2. The molecule has 15 heavy (non-hydrogen) atoms. The lowest BCUT2D eigenvalue weighted by molar-refractivity contribution is -0.123. The Morgan fingerprint density at radius 2 is 1.80 bits per heavy atom. The smallest absolute Gasteiger partial charge is 0.265 e. The van der Waals surface area contributed by atoms with E-state index >= 15 is 0 Å². The largest absolute Gasteiger partial charge is 0.370 e. The molecule has 5 nitrogen and oxygen atoms in total. The number of nitrogens with two attached hydrogens (primary N) is 2. The predicted molar refractivity (Wildman–Crippen MR) is 60.2 cm³/mol. The number of guanidine groups is 1. The molecule has 1 aliphatic rings. The molecule has 3 atom stereocenters. The first-order chi connectivity index (χ1) is 6.93. The zero-order valence-electron chi connectivity index (χ0n) is 9.34. The van der Waals surface area contributed by atoms with E-state index in [-0.39, 0.29) is 30.0 Å². The normalized spacial score (nSPS) is 27.7. The van der Waals surface area contributed by atoms with Crippen LogP contribution in [0.15, 0.2) is 17.1 Å². The first-order valence-corrected chi connectivity index (χ1v) is 5.02. The fourth-order valence-corrected chi connectivity index (χ4v) is 1.94. The highest BCUT2D eigenvalue weighted by molar-refractivity contribution is 5.94. The van der Waals surface area contributed by atoms with E-state index in [1.807, 2.05) is 20.8 Å². The first kappa shape index (κ1) is 11.7. The van der Waals surface area contributed by atoms with E-state index in [1.165, 1.54) is 0 Å². The van der Waals surface area contributed by atoms with Gasteiger partial charge in [-0.15, -0.1) is 0 Å². The molecule has 5 heteroatoms. The topological polar surface area (TPSA) is 84.7 Å². The van der Waals surface area contributed by atoms with Gasteiger partial charge in [-0.3, -0.25) is 9.69 Å². The maximum atomic E-state index is 11.6. The van der Waals surface area contributed by atoms with Gasteiger partial charge in [0.1, 0.15) is 0 Å². The SMILES string of the molecule is CC(C(=O)N=C(N)N)N1[C@H](C)C=C[C@H]1C. The third-order valence-electron chi connectivity index (χ3n) is 2.65. The maximum Gasteiger partial charge on any atom is 0.265 e. The Labute approximate surface area is 89.8 Å². The molecule has 1 unspecified atom stereocenters. The Hall–Kier alpha value is -1.36. The van der Waals surface area contributed by atoms with E-state index in [1.54, 1.807) is 0 Å². The molecule has 1 amide bonds. The number of amides is 1. The lowest BCUT2D eigenvalue weighted by Gasteiger charge is -2.30. The molecule has 0 saturated heterocycles. The molecule has 1 aliphatic heterocycles. The zero-order valence-corrected chi connectivity index (χ0v) is 9.34. The summed E-state index contributed by atoms with van der Waals surface area (Å²) >= 11 is 0. The summed E-state index contributed by atoms with van der Waals surface area (Å²) in [5.41, 5.74) is 10.3. The minimum absolute atomic E-state index is 0.181. The average molecular weight is 210 g/mol. The van der Waals surface area contributed by atoms with E-state index in [4.69, 9.17) is 11.5 Å². The van der Waals surface area contributed by atoms with E-state index < -0.39 is 0 Å². The van der Waals surface area contributed by atoms with Crippen molar-refractivity contribution in [2.24, 2.45) is 16.5 Å². The van der Waals surface area contributed by atoms with Crippen LogP contribution in [0.4, 0.5) is 0 Å². The highest BCUT2D eigenvalue weighted by Gasteiger charge is 2.30. The monoisotopic (exact) mass is 210 g/mol. The van der Waals surface area contributed by atoms with Crippen LogP contribution in [0, 0.1) is 0 Å². The highest BCUT2D eigenvalue weighted by atomic mass is 16.1. The van der Waals surface area contributed by atoms with Crippen LogP contribution in [-0.2, 0) is 4.79 Å². The lowest BCUT2D eigenvalue weighted by atomic mass is 10.2. The maximum absolute atomic E-state index is 11.6. The molecule has 0 aromatic heterocycles. The van der Waals surface area contributed by atoms with Crippen LogP contribution in [0.3, 0.4) is 0 Å². The van der Waals surface area contributed by atoms with Crippen molar-refractivity contribution in [2.75, 3.05) is 0 Å². The van der Waals surface area contributed by atoms with Gasteiger partial charge in [0, 0.05) is 12.1 Å². The Kier molecular flexibility index (Phi) is 3.47. The molecule has 1 heterocycles. The molecule has 0 fully saturated rings. The van der Waals surface area contributed by atoms with Gasteiger partial charge in [-0.25, -0.2) is 0 Å². The van der Waals surface area contributed by atoms with Crippen LogP contribution in [0.2, 0.25) is 0 Å². The summed E-state index contributed by atoms with van der Waals surface area (Å²) < 4.78 is 0. The van der Waals surface area contributed by atoms with E-state index in [0.29, 0.717) is 0 Å². The van der Waals surface area contributed by atoms with Crippen molar-refractivity contribution in [3.05, 3.63) is 12.2 Å². The van der Waals surface area contributed by atoms with Crippen LogP contribution in [0.5, 0.6) is 0 Å². The number of hydrogen-bond donors (Lipinski definition) is 2. The summed E-state index contributed by atoms with van der Waals surface area (Å²) in [5, 5.41) is 0. The van der Waals surface area contributed by atoms with Crippen molar-refractivity contribution < 1.29 is 4.79 Å². The molecule has 0 aromatic carbocycles. The van der Waals surface area contributed by atoms with Gasteiger partial charge in [-0.05, 0) is 20.8 Å². The number of carbonyl (C=O) groups excluding carboxylic acids is 1. The number of aliphatic imine (C=N–C) groups is 1. The molecule has 0 bridgehead atoms. The van der Waals surface area contributed by atoms with Crippen LogP contribution in [0.1, 0.15) is 20.8 Å². The Morgan fingerprint density at radius 3 is 2.20 bits per heavy atom. The van der Waals surface area contributed by atoms with E-state index in [0.717, 1.165) is 0 Å². The lowest BCUT2D eigenvalue weighted by Crippen LogP contribution is -2.45. The van der Waals surface area contributed by atoms with Crippen LogP contribution in [0.25, 0.3) is 0 Å². The number of carbonyl (C=O) groups is 1. The standard InChI is InChI=1S/C10H18N4O/c1-6-4-5-7(2)14(6)8(3)9(15)13-10(11)12/h4-8H,1-3H3,(H4,11,12,13,15)/t6-,7-,8?/m1/s1. The molecule has 0 aliphatic carbocycles. The van der Waals surface area contributed by atoms with Crippen molar-refractivity contribution in [1.82, 2.24) is 4.90 Å². The molecule has 4 N–H and O–H groups in total. The summed E-state index contributed by atoms with van der Waals surface area (Å²) in [5.74, 6) is -0.475. The molecule has 84 valence electrons. The van der Waals surface area contributed by atoms with Crippen LogP contribution in [-0.4, -0.2) is 34.9 Å². The Balaban J connectivity index is 2.73. The fourth-order valence-electron chi connectivity index (χ4n) is 1.94. The third kappa shape index (κ3) is 2.56. The zero-order chi connectivity index (χ0) is 11.6. The molecule has 1 rings (SSSR count). The summed E-state index contributed by atoms with van der Waals surface area (Å²) in [7, 11) is 0. The second-order valence-electron chi connectivity index (χ2n) is 3.86. The Morgan fingerprint density at radius 1 is 1.33 bits per heavy atom. The van der Waals surface area contributed by atoms with E-state index in [2.05, 4.69) is 22.0 Å². The molecule has 0 saturated carbocycles. The summed E-state index contributed by atoms with van der Waals surface area (Å²) in [6.45, 7) is 5.90. The second kappa shape index (κ2) is 4.44. The van der Waals surface area contributed by atoms with Gasteiger partial charge < -0.3 is 11.5 Å². The van der Waals surface area contributed by atoms with Gasteiger partial charge in [-0.1, -0.05) is 12.2 Å². The van der Waals surface area contributed by atoms with Crippen molar-refractivity contribution in [3.63, 3.8) is 0 Å². The van der Waals surface area contributed by atoms with Gasteiger partial charge >= 0.3 is 0 Å². The van der Waals surface area contributed by atoms with Crippen molar-refractivity contribution in [1.29, 1.82) is 0 Å². The van der Waals surface area contributed by atoms with Crippen molar-refractivity contribution >= 4 is 11.9 Å². The Bertz CT molecular complexity index is 295. The van der Waals surface area contributed by atoms with Crippen molar-refractivity contribution in [3.8, 4) is 0 Å². The van der Waals surface area contributed by atoms with Crippen LogP contribution < -0.4 is 11.5 Å². The molecular formula is C10H18N4O. The quantitative estimate of drug-likeness (QED) is 0.376. The van der Waals surface area contributed by atoms with Gasteiger partial charge in [-0.2, -0.15) is 4.99 Å². The van der Waals surface area contributed by atoms with E-state index in [9.17, 15) is 4.79 Å². The second-order valence-corrected chi connectivity index (χ2v) is 3.86. The molecule has 0 spiro atoms. The molecular weight excluding hydrogens is 192 g/mol. The summed E-state index contributed by atoms with van der Waals surface area (Å²) in [6.07, 6.45) is 4.15. The minimum Gasteiger partial charge on any atom is -0.370 e. The fraction of sp³-hybridized carbons (Fsp3) is 0.600. The number of rotatable bonds is 2. The average Bonchev–Trinajstić information content (AvgIpc) is 2.44. The van der Waals surface area contributed by atoms with Gasteiger partial charge in [0.25, 0.3) is 5.91 Å². The number of nitrogens with zero attached hydrogens (tertiary/aromatic N) is 2. The minimum atomic E-state index is -0.299. The summed E-state index contributed by atoms with van der Waals surface area (Å²) in [6, 6.07) is 0.188. The predicted octanol–water partition coefficient (Wildman–Crippen LogP) is -0.176. The van der Waals surface area contributed by atoms with Crippen LogP contribution >= 0.6 is 0 Å². The molecule has 0 radical (unpaired) electrons. The first-order valence-electron chi connectivity index (χ1n) is 5.02. The van der Waals surface area contributed by atoms with Gasteiger partial charge in [0.2, 0.25) is 0 Å². The third-order valence-corrected chi connectivity index (χ3v) is 2.65. The van der Waals surface area contributed by atoms with Crippen molar-refractivity contribution in [2.45, 2.75) is 38.9 Å². The highest BCUT2D eigenvalue weighted by Crippen LogP contribution is 2.19. The summed E-state index contributed by atoms with van der Waals surface area (Å²) in [4.78, 5) is 17.2.